The van der Waals surface area contributed by atoms with Crippen molar-refractivity contribution < 1.29 is 9.21 Å². The molecule has 0 spiro atoms. The molecule has 0 aliphatic carbocycles. The molecule has 0 saturated heterocycles. The standard InChI is InChI=1S/C9H9N3O2/c1-6-2-3-14-8(6)9(13)12-7-4-10-11-5-7/h2-5H,1H3,(H,10,11)(H,12,13). The maximum absolute atomic E-state index is 11.5. The number of aryl methyl sites for hydroxylation is 1. The minimum absolute atomic E-state index is 0.270. The minimum atomic E-state index is -0.270. The highest BCUT2D eigenvalue weighted by Crippen LogP contribution is 2.11. The molecule has 0 aliphatic rings. The summed E-state index contributed by atoms with van der Waals surface area (Å²) in [6.45, 7) is 1.81. The molecule has 0 atom stereocenters. The third-order valence-electron chi connectivity index (χ3n) is 1.82. The Balaban J connectivity index is 2.14. The van der Waals surface area contributed by atoms with E-state index in [0.717, 1.165) is 5.56 Å². The molecular weight excluding hydrogens is 182 g/mol. The summed E-state index contributed by atoms with van der Waals surface area (Å²) in [7, 11) is 0. The van der Waals surface area contributed by atoms with Crippen LogP contribution in [0.25, 0.3) is 0 Å². The van der Waals surface area contributed by atoms with Gasteiger partial charge in [0.1, 0.15) is 0 Å². The van der Waals surface area contributed by atoms with Crippen LogP contribution in [-0.4, -0.2) is 16.1 Å². The largest absolute Gasteiger partial charge is 0.459 e. The Bertz CT molecular complexity index is 431. The van der Waals surface area contributed by atoms with Crippen molar-refractivity contribution in [1.29, 1.82) is 0 Å². The molecule has 0 aromatic carbocycles. The van der Waals surface area contributed by atoms with E-state index in [1.807, 2.05) is 6.92 Å². The van der Waals surface area contributed by atoms with Crippen molar-refractivity contribution in [2.75, 3.05) is 5.32 Å². The second-order valence-electron chi connectivity index (χ2n) is 2.87. The van der Waals surface area contributed by atoms with Gasteiger partial charge in [0.15, 0.2) is 5.76 Å². The van der Waals surface area contributed by atoms with Crippen LogP contribution in [0.15, 0.2) is 29.1 Å². The highest BCUT2D eigenvalue weighted by Gasteiger charge is 2.12. The first-order valence-electron chi connectivity index (χ1n) is 4.11. The van der Waals surface area contributed by atoms with Gasteiger partial charge in [-0.1, -0.05) is 0 Å². The Morgan fingerprint density at radius 3 is 3.07 bits per heavy atom. The second kappa shape index (κ2) is 3.37. The number of anilines is 1. The lowest BCUT2D eigenvalue weighted by Crippen LogP contribution is -2.11. The predicted molar refractivity (Wildman–Crippen MR) is 50.0 cm³/mol. The average Bonchev–Trinajstić information content (AvgIpc) is 2.75. The Morgan fingerprint density at radius 1 is 1.64 bits per heavy atom. The molecule has 2 aromatic heterocycles. The number of carbonyl (C=O) groups is 1. The van der Waals surface area contributed by atoms with Crippen LogP contribution >= 0.6 is 0 Å². The van der Waals surface area contributed by atoms with Crippen molar-refractivity contribution in [3.8, 4) is 0 Å². The van der Waals surface area contributed by atoms with E-state index in [1.54, 1.807) is 12.3 Å². The summed E-state index contributed by atoms with van der Waals surface area (Å²) >= 11 is 0. The molecule has 2 N–H and O–H groups in total. The van der Waals surface area contributed by atoms with Gasteiger partial charge in [-0.2, -0.15) is 5.10 Å². The molecule has 0 unspecified atom stereocenters. The van der Waals surface area contributed by atoms with Crippen LogP contribution in [-0.2, 0) is 0 Å². The molecule has 0 bridgehead atoms. The average molecular weight is 191 g/mol. The molecule has 2 aromatic rings. The van der Waals surface area contributed by atoms with Gasteiger partial charge in [-0.05, 0) is 13.0 Å². The first kappa shape index (κ1) is 8.55. The zero-order valence-electron chi connectivity index (χ0n) is 7.57. The van der Waals surface area contributed by atoms with Crippen LogP contribution in [0.1, 0.15) is 16.1 Å². The fraction of sp³-hybridized carbons (Fsp3) is 0.111. The number of H-pyrrole nitrogens is 1. The molecule has 5 heteroatoms. The van der Waals surface area contributed by atoms with Gasteiger partial charge in [0.2, 0.25) is 0 Å². The van der Waals surface area contributed by atoms with E-state index in [0.29, 0.717) is 11.4 Å². The molecule has 0 fully saturated rings. The van der Waals surface area contributed by atoms with Crippen LogP contribution in [0.4, 0.5) is 5.69 Å². The maximum Gasteiger partial charge on any atom is 0.291 e. The van der Waals surface area contributed by atoms with Gasteiger partial charge >= 0.3 is 0 Å². The Hall–Kier alpha value is -2.04. The molecule has 2 rings (SSSR count). The number of hydrogen-bond acceptors (Lipinski definition) is 3. The quantitative estimate of drug-likeness (QED) is 0.756. The van der Waals surface area contributed by atoms with Crippen LogP contribution in [0.2, 0.25) is 0 Å². The third kappa shape index (κ3) is 1.52. The van der Waals surface area contributed by atoms with Crippen molar-refractivity contribution in [3.05, 3.63) is 36.0 Å². The van der Waals surface area contributed by atoms with Gasteiger partial charge in [-0.3, -0.25) is 9.89 Å². The van der Waals surface area contributed by atoms with E-state index in [9.17, 15) is 4.79 Å². The summed E-state index contributed by atoms with van der Waals surface area (Å²) in [6, 6.07) is 1.74. The Kier molecular flexibility index (Phi) is 2.06. The van der Waals surface area contributed by atoms with E-state index < -0.39 is 0 Å². The number of nitrogens with one attached hydrogen (secondary N) is 2. The summed E-state index contributed by atoms with van der Waals surface area (Å²) in [5.41, 5.74) is 1.43. The number of aromatic nitrogens is 2. The first-order valence-corrected chi connectivity index (χ1v) is 4.11. The van der Waals surface area contributed by atoms with Crippen LogP contribution < -0.4 is 5.32 Å². The molecule has 0 aliphatic heterocycles. The summed E-state index contributed by atoms with van der Waals surface area (Å²) in [5.74, 6) is 0.0556. The number of rotatable bonds is 2. The molecule has 1 amide bonds. The van der Waals surface area contributed by atoms with Gasteiger partial charge in [-0.25, -0.2) is 0 Å². The zero-order chi connectivity index (χ0) is 9.97. The molecule has 0 radical (unpaired) electrons. The number of nitrogens with zero attached hydrogens (tertiary/aromatic N) is 1. The first-order chi connectivity index (χ1) is 6.77. The number of amides is 1. The molecule has 2 heterocycles. The molecule has 5 nitrogen and oxygen atoms in total. The van der Waals surface area contributed by atoms with Gasteiger partial charge in [0.05, 0.1) is 18.1 Å². The lowest BCUT2D eigenvalue weighted by molar-refractivity contribution is 0.0996. The second-order valence-corrected chi connectivity index (χ2v) is 2.87. The SMILES string of the molecule is Cc1ccoc1C(=O)Nc1cn[nH]c1. The third-order valence-corrected chi connectivity index (χ3v) is 1.82. The number of furan rings is 1. The summed E-state index contributed by atoms with van der Waals surface area (Å²) in [5, 5.41) is 8.95. The van der Waals surface area contributed by atoms with Crippen molar-refractivity contribution >= 4 is 11.6 Å². The number of carbonyl (C=O) groups excluding carboxylic acids is 1. The lowest BCUT2D eigenvalue weighted by atomic mass is 10.2. The Labute approximate surface area is 80.1 Å². The van der Waals surface area contributed by atoms with Crippen molar-refractivity contribution in [3.63, 3.8) is 0 Å². The molecule has 72 valence electrons. The molecule has 14 heavy (non-hydrogen) atoms. The van der Waals surface area contributed by atoms with Crippen LogP contribution in [0, 0.1) is 6.92 Å². The zero-order valence-corrected chi connectivity index (χ0v) is 7.57. The van der Waals surface area contributed by atoms with Crippen LogP contribution in [0.5, 0.6) is 0 Å². The van der Waals surface area contributed by atoms with Crippen LogP contribution in [0.3, 0.4) is 0 Å². The minimum Gasteiger partial charge on any atom is -0.459 e. The van der Waals surface area contributed by atoms with Gasteiger partial charge in [0.25, 0.3) is 5.91 Å². The maximum atomic E-state index is 11.5. The normalized spacial score (nSPS) is 10.1. The summed E-state index contributed by atoms with van der Waals surface area (Å²) in [6.07, 6.45) is 4.60. The van der Waals surface area contributed by atoms with Crippen molar-refractivity contribution in [1.82, 2.24) is 10.2 Å². The fourth-order valence-electron chi connectivity index (χ4n) is 1.11. The lowest BCUT2D eigenvalue weighted by Gasteiger charge is -1.98. The van der Waals surface area contributed by atoms with Gasteiger partial charge in [0, 0.05) is 11.8 Å². The smallest absolute Gasteiger partial charge is 0.291 e. The topological polar surface area (TPSA) is 70.9 Å². The fourth-order valence-corrected chi connectivity index (χ4v) is 1.11. The van der Waals surface area contributed by atoms with Crippen molar-refractivity contribution in [2.24, 2.45) is 0 Å². The van der Waals surface area contributed by atoms with Gasteiger partial charge in [-0.15, -0.1) is 0 Å². The molecule has 0 saturated carbocycles. The number of hydrogen-bond donors (Lipinski definition) is 2. The van der Waals surface area contributed by atoms with E-state index in [2.05, 4.69) is 15.5 Å². The Morgan fingerprint density at radius 2 is 2.50 bits per heavy atom. The summed E-state index contributed by atoms with van der Waals surface area (Å²) < 4.78 is 5.03. The van der Waals surface area contributed by atoms with Gasteiger partial charge < -0.3 is 9.73 Å². The predicted octanol–water partition coefficient (Wildman–Crippen LogP) is 1.56. The summed E-state index contributed by atoms with van der Waals surface area (Å²) in [4.78, 5) is 11.5. The monoisotopic (exact) mass is 191 g/mol. The number of aromatic amines is 1. The van der Waals surface area contributed by atoms with Crippen molar-refractivity contribution in [2.45, 2.75) is 6.92 Å². The highest BCUT2D eigenvalue weighted by molar-refractivity contribution is 6.02. The van der Waals surface area contributed by atoms with E-state index in [4.69, 9.17) is 4.42 Å². The molecular formula is C9H9N3O2. The van der Waals surface area contributed by atoms with E-state index >= 15 is 0 Å². The highest BCUT2D eigenvalue weighted by atomic mass is 16.3. The van der Waals surface area contributed by atoms with E-state index in [-0.39, 0.29) is 5.91 Å². The van der Waals surface area contributed by atoms with E-state index in [1.165, 1.54) is 12.5 Å².